The van der Waals surface area contributed by atoms with E-state index in [2.05, 4.69) is 18.9 Å². The molecule has 2 fully saturated rings. The molecule has 0 N–H and O–H groups in total. The summed E-state index contributed by atoms with van der Waals surface area (Å²) in [6.45, 7) is 9.70. The van der Waals surface area contributed by atoms with Gasteiger partial charge in [-0.1, -0.05) is 13.8 Å². The smallest absolute Gasteiger partial charge is 0.279 e. The largest absolute Gasteiger partial charge is 0.338 e. The number of hydrogen-bond acceptors (Lipinski definition) is 3. The van der Waals surface area contributed by atoms with Crippen LogP contribution >= 0.6 is 0 Å². The molecule has 5 nitrogen and oxygen atoms in total. The normalized spacial score (nSPS) is 26.6. The van der Waals surface area contributed by atoms with Gasteiger partial charge in [-0.3, -0.25) is 9.59 Å². The molecule has 0 bridgehead atoms. The van der Waals surface area contributed by atoms with Gasteiger partial charge in [0.2, 0.25) is 0 Å². The molecular formula is C15H21N3O2. The zero-order chi connectivity index (χ0) is 14.8. The van der Waals surface area contributed by atoms with Crippen LogP contribution in [0.1, 0.15) is 35.5 Å². The molecule has 1 saturated carbocycles. The third-order valence-electron chi connectivity index (χ3n) is 5.35. The maximum absolute atomic E-state index is 12.7. The Morgan fingerprint density at radius 1 is 1.25 bits per heavy atom. The van der Waals surface area contributed by atoms with Crippen molar-refractivity contribution in [3.63, 3.8) is 0 Å². The first kappa shape index (κ1) is 13.3. The molecule has 2 atom stereocenters. The summed E-state index contributed by atoms with van der Waals surface area (Å²) in [5.74, 6) is 1.06. The second-order valence-corrected chi connectivity index (χ2v) is 6.76. The first-order chi connectivity index (χ1) is 9.25. The maximum Gasteiger partial charge on any atom is 0.279 e. The average molecular weight is 275 g/mol. The molecule has 20 heavy (non-hydrogen) atoms. The lowest BCUT2D eigenvalue weighted by Gasteiger charge is -2.23. The van der Waals surface area contributed by atoms with Gasteiger partial charge in [-0.25, -0.2) is 4.68 Å². The Balaban J connectivity index is 1.92. The molecule has 0 unspecified atom stereocenters. The summed E-state index contributed by atoms with van der Waals surface area (Å²) in [7, 11) is 1.59. The molecule has 5 heteroatoms. The van der Waals surface area contributed by atoms with E-state index in [1.54, 1.807) is 14.0 Å². The Hall–Kier alpha value is -1.65. The monoisotopic (exact) mass is 275 g/mol. The number of nitrogens with zero attached hydrogens (tertiary/aromatic N) is 3. The third-order valence-corrected chi connectivity index (χ3v) is 5.35. The zero-order valence-corrected chi connectivity index (χ0v) is 12.7. The Morgan fingerprint density at radius 2 is 1.80 bits per heavy atom. The van der Waals surface area contributed by atoms with Crippen molar-refractivity contribution in [2.24, 2.45) is 24.3 Å². The Bertz CT molecular complexity index is 646. The predicted molar refractivity (Wildman–Crippen MR) is 75.6 cm³/mol. The molecule has 2 aliphatic rings. The van der Waals surface area contributed by atoms with E-state index in [0.29, 0.717) is 28.4 Å². The van der Waals surface area contributed by atoms with Crippen molar-refractivity contribution in [3.8, 4) is 0 Å². The van der Waals surface area contributed by atoms with Gasteiger partial charge >= 0.3 is 0 Å². The van der Waals surface area contributed by atoms with Crippen molar-refractivity contribution in [3.05, 3.63) is 27.2 Å². The highest BCUT2D eigenvalue weighted by Gasteiger charge is 2.62. The minimum atomic E-state index is -0.294. The fourth-order valence-corrected chi connectivity index (χ4v) is 3.56. The standard InChI is InChI=1S/C15H21N3O2/c1-8-9(2)16-17(5)13(19)12(8)14(20)18-6-10-11(7-18)15(10,3)4/h10-11H,6-7H2,1-5H3/t10-,11-/m0/s1. The van der Waals surface area contributed by atoms with Crippen molar-refractivity contribution in [1.82, 2.24) is 14.7 Å². The zero-order valence-electron chi connectivity index (χ0n) is 12.7. The average Bonchev–Trinajstić information content (AvgIpc) is 2.79. The summed E-state index contributed by atoms with van der Waals surface area (Å²) in [6.07, 6.45) is 0. The number of carbonyl (C=O) groups excluding carboxylic acids is 1. The Labute approximate surface area is 118 Å². The lowest BCUT2D eigenvalue weighted by atomic mass is 10.0. The molecule has 1 aliphatic carbocycles. The lowest BCUT2D eigenvalue weighted by Crippen LogP contribution is -2.39. The number of piperidine rings is 1. The minimum Gasteiger partial charge on any atom is -0.338 e. The lowest BCUT2D eigenvalue weighted by molar-refractivity contribution is 0.0754. The molecule has 1 amide bonds. The van der Waals surface area contributed by atoms with Gasteiger partial charge in [0.05, 0.1) is 5.69 Å². The van der Waals surface area contributed by atoms with E-state index < -0.39 is 0 Å². The van der Waals surface area contributed by atoms with Crippen molar-refractivity contribution >= 4 is 5.91 Å². The van der Waals surface area contributed by atoms with Crippen LogP contribution in [0.3, 0.4) is 0 Å². The van der Waals surface area contributed by atoms with Crippen molar-refractivity contribution in [2.75, 3.05) is 13.1 Å². The maximum atomic E-state index is 12.7. The van der Waals surface area contributed by atoms with Gasteiger partial charge in [0.15, 0.2) is 0 Å². The van der Waals surface area contributed by atoms with Gasteiger partial charge in [-0.2, -0.15) is 5.10 Å². The topological polar surface area (TPSA) is 55.2 Å². The van der Waals surface area contributed by atoms with Crippen molar-refractivity contribution in [2.45, 2.75) is 27.7 Å². The highest BCUT2D eigenvalue weighted by Crippen LogP contribution is 2.62. The number of likely N-dealkylation sites (tertiary alicyclic amines) is 1. The predicted octanol–water partition coefficient (Wildman–Crippen LogP) is 1.13. The first-order valence-corrected chi connectivity index (χ1v) is 7.09. The highest BCUT2D eigenvalue weighted by molar-refractivity contribution is 5.95. The molecule has 0 radical (unpaired) electrons. The van der Waals surface area contributed by atoms with E-state index in [-0.39, 0.29) is 11.5 Å². The van der Waals surface area contributed by atoms with E-state index in [1.807, 2.05) is 11.8 Å². The van der Waals surface area contributed by atoms with Crippen molar-refractivity contribution in [1.29, 1.82) is 0 Å². The van der Waals surface area contributed by atoms with E-state index in [1.165, 1.54) is 4.68 Å². The number of aromatic nitrogens is 2. The molecule has 3 rings (SSSR count). The Morgan fingerprint density at radius 3 is 2.35 bits per heavy atom. The summed E-state index contributed by atoms with van der Waals surface area (Å²) in [5, 5.41) is 4.12. The summed E-state index contributed by atoms with van der Waals surface area (Å²) >= 11 is 0. The second-order valence-electron chi connectivity index (χ2n) is 6.76. The van der Waals surface area contributed by atoms with Gasteiger partial charge in [0, 0.05) is 20.1 Å². The van der Waals surface area contributed by atoms with Crippen molar-refractivity contribution < 1.29 is 4.79 Å². The fraction of sp³-hybridized carbons (Fsp3) is 0.667. The van der Waals surface area contributed by atoms with Crippen LogP contribution in [0.5, 0.6) is 0 Å². The van der Waals surface area contributed by atoms with E-state index in [0.717, 1.165) is 18.8 Å². The highest BCUT2D eigenvalue weighted by atomic mass is 16.2. The van der Waals surface area contributed by atoms with Gasteiger partial charge in [-0.05, 0) is 36.7 Å². The van der Waals surface area contributed by atoms with E-state index >= 15 is 0 Å². The molecule has 2 heterocycles. The van der Waals surface area contributed by atoms with E-state index in [9.17, 15) is 9.59 Å². The summed E-state index contributed by atoms with van der Waals surface area (Å²) in [4.78, 5) is 26.7. The minimum absolute atomic E-state index is 0.128. The number of amides is 1. The molecule has 1 aliphatic heterocycles. The number of aryl methyl sites for hydroxylation is 2. The summed E-state index contributed by atoms with van der Waals surface area (Å²) in [5.41, 5.74) is 1.81. The van der Waals surface area contributed by atoms with Crippen LogP contribution in [-0.2, 0) is 7.05 Å². The molecule has 0 aromatic carbocycles. The van der Waals surface area contributed by atoms with Gasteiger partial charge in [0.1, 0.15) is 5.56 Å². The van der Waals surface area contributed by atoms with Gasteiger partial charge in [-0.15, -0.1) is 0 Å². The van der Waals surface area contributed by atoms with Crippen LogP contribution in [0.15, 0.2) is 4.79 Å². The second kappa shape index (κ2) is 3.93. The molecule has 1 aromatic rings. The quantitative estimate of drug-likeness (QED) is 0.772. The number of carbonyl (C=O) groups is 1. The van der Waals surface area contributed by atoms with E-state index in [4.69, 9.17) is 0 Å². The molecule has 108 valence electrons. The van der Waals surface area contributed by atoms with Gasteiger partial charge < -0.3 is 4.90 Å². The fourth-order valence-electron chi connectivity index (χ4n) is 3.56. The third kappa shape index (κ3) is 1.65. The van der Waals surface area contributed by atoms with Crippen LogP contribution in [0.4, 0.5) is 0 Å². The number of hydrogen-bond donors (Lipinski definition) is 0. The van der Waals surface area contributed by atoms with Crippen LogP contribution in [0.2, 0.25) is 0 Å². The first-order valence-electron chi connectivity index (χ1n) is 7.09. The van der Waals surface area contributed by atoms with Crippen LogP contribution in [0, 0.1) is 31.1 Å². The Kier molecular flexibility index (Phi) is 2.62. The molecule has 1 aromatic heterocycles. The van der Waals surface area contributed by atoms with Gasteiger partial charge in [0.25, 0.3) is 11.5 Å². The van der Waals surface area contributed by atoms with Crippen LogP contribution in [-0.4, -0.2) is 33.7 Å². The summed E-state index contributed by atoms with van der Waals surface area (Å²) < 4.78 is 1.26. The summed E-state index contributed by atoms with van der Waals surface area (Å²) in [6, 6.07) is 0. The molecule has 0 spiro atoms. The number of fused-ring (bicyclic) bond motifs is 1. The molecule has 1 saturated heterocycles. The number of rotatable bonds is 1. The van der Waals surface area contributed by atoms with Crippen LogP contribution < -0.4 is 5.56 Å². The molecular weight excluding hydrogens is 254 g/mol. The van der Waals surface area contributed by atoms with Crippen LogP contribution in [0.25, 0.3) is 0 Å². The SMILES string of the molecule is Cc1nn(C)c(=O)c(C(=O)N2C[C@H]3[C@H](C2)C3(C)C)c1C.